The minimum absolute atomic E-state index is 0.438. The van der Waals surface area contributed by atoms with Gasteiger partial charge in [0.15, 0.2) is 11.4 Å². The maximum Gasteiger partial charge on any atom is 0.737 e. The highest BCUT2D eigenvalue weighted by atomic mass is 19.2. The van der Waals surface area contributed by atoms with E-state index in [1.54, 1.807) is 7.11 Å². The molecule has 0 aliphatic carbocycles. The monoisotopic (exact) mass is 782 g/mol. The van der Waals surface area contributed by atoms with E-state index in [0.29, 0.717) is 56.4 Å². The van der Waals surface area contributed by atoms with Crippen LogP contribution in [0, 0.1) is 13.8 Å². The molecule has 1 aromatic heterocycles. The number of para-hydroxylation sites is 1. The van der Waals surface area contributed by atoms with E-state index >= 15 is 8.63 Å². The number of aryl methyl sites for hydroxylation is 2. The first-order chi connectivity index (χ1) is 29.3. The van der Waals surface area contributed by atoms with Crippen molar-refractivity contribution >= 4 is 23.8 Å². The van der Waals surface area contributed by atoms with Gasteiger partial charge in [-0.1, -0.05) is 175 Å². The van der Waals surface area contributed by atoms with Gasteiger partial charge >= 0.3 is 6.97 Å². The van der Waals surface area contributed by atoms with Crippen molar-refractivity contribution in [1.82, 2.24) is 4.48 Å². The highest BCUT2D eigenvalue weighted by Gasteiger charge is 2.57. The van der Waals surface area contributed by atoms with Gasteiger partial charge in [0.1, 0.15) is 5.75 Å². The Morgan fingerprint density at radius 1 is 0.483 bits per heavy atom. The number of hydrogen-bond acceptors (Lipinski definition) is 1. The molecule has 0 saturated carbocycles. The molecule has 0 bridgehead atoms. The van der Waals surface area contributed by atoms with Crippen molar-refractivity contribution in [3.8, 4) is 50.4 Å². The molecular formula is C54H41BF2N2O. The van der Waals surface area contributed by atoms with E-state index in [1.165, 1.54) is 8.96 Å². The number of nitrogens with zero attached hydrogens (tertiary/aromatic N) is 2. The van der Waals surface area contributed by atoms with Crippen LogP contribution in [0.25, 0.3) is 55.8 Å². The van der Waals surface area contributed by atoms with Crippen LogP contribution >= 0.6 is 0 Å². The lowest BCUT2D eigenvalue weighted by Crippen LogP contribution is -2.51. The van der Waals surface area contributed by atoms with Gasteiger partial charge in [0, 0.05) is 34.2 Å². The average Bonchev–Trinajstić information content (AvgIpc) is 3.90. The zero-order valence-corrected chi connectivity index (χ0v) is 33.6. The van der Waals surface area contributed by atoms with Gasteiger partial charge in [-0.2, -0.15) is 0 Å². The Hall–Kier alpha value is -7.31. The molecule has 0 amide bonds. The summed E-state index contributed by atoms with van der Waals surface area (Å²) in [4.78, 5) is 0. The van der Waals surface area contributed by atoms with Crippen molar-refractivity contribution in [2.45, 2.75) is 13.8 Å². The van der Waals surface area contributed by atoms with E-state index < -0.39 is 6.97 Å². The van der Waals surface area contributed by atoms with Crippen LogP contribution in [-0.2, 0) is 0 Å². The van der Waals surface area contributed by atoms with E-state index in [-0.39, 0.29) is 0 Å². The quantitative estimate of drug-likeness (QED) is 0.140. The van der Waals surface area contributed by atoms with Crippen molar-refractivity contribution in [3.63, 3.8) is 0 Å². The van der Waals surface area contributed by atoms with Crippen molar-refractivity contribution in [2.24, 2.45) is 0 Å². The zero-order chi connectivity index (χ0) is 41.0. The third-order valence-electron chi connectivity index (χ3n) is 11.8. The van der Waals surface area contributed by atoms with Gasteiger partial charge in [0.25, 0.3) is 0 Å². The first-order valence-electron chi connectivity index (χ1n) is 20.3. The lowest BCUT2D eigenvalue weighted by atomic mass is 9.81. The number of allylic oxidation sites excluding steroid dienone is 2. The van der Waals surface area contributed by atoms with Gasteiger partial charge in [-0.05, 0) is 77.1 Å². The van der Waals surface area contributed by atoms with Crippen molar-refractivity contribution in [3.05, 3.63) is 233 Å². The Bertz CT molecular complexity index is 3000. The van der Waals surface area contributed by atoms with Crippen molar-refractivity contribution < 1.29 is 17.9 Å². The molecule has 10 rings (SSSR count). The van der Waals surface area contributed by atoms with Crippen molar-refractivity contribution in [2.75, 3.05) is 7.11 Å². The third-order valence-corrected chi connectivity index (χ3v) is 11.8. The second-order valence-corrected chi connectivity index (χ2v) is 15.6. The predicted octanol–water partition coefficient (Wildman–Crippen LogP) is 13.4. The molecule has 290 valence electrons. The lowest BCUT2D eigenvalue weighted by molar-refractivity contribution is -0.359. The molecule has 0 radical (unpaired) electrons. The average molecular weight is 783 g/mol. The Balaban J connectivity index is 1.32. The second-order valence-electron chi connectivity index (χ2n) is 15.6. The van der Waals surface area contributed by atoms with Crippen LogP contribution in [0.5, 0.6) is 5.75 Å². The molecule has 3 heterocycles. The van der Waals surface area contributed by atoms with E-state index in [2.05, 4.69) is 72.8 Å². The standard InChI is InChI=1S/C54H41BF2N2O/c1-36-18-22-44(23-19-36)49-34-47(42-30-26-40(27-31-42)38-12-6-4-7-13-38)53-52(46-16-10-11-17-51(46)60-3)54-48(43-32-28-41(29-33-43)39-14-8-5-9-15-39)35-50(45-24-20-37(2)21-25-45)59(54)55(56,57)58(49)53/h4-35H,1-3H3. The summed E-state index contributed by atoms with van der Waals surface area (Å²) in [5, 5.41) is 0. The Labute approximate surface area is 349 Å². The summed E-state index contributed by atoms with van der Waals surface area (Å²) >= 11 is 0. The van der Waals surface area contributed by atoms with E-state index in [0.717, 1.165) is 50.1 Å². The summed E-state index contributed by atoms with van der Waals surface area (Å²) in [6.45, 7) is -0.504. The zero-order valence-electron chi connectivity index (χ0n) is 33.6. The maximum absolute atomic E-state index is 18.7. The number of fused-ring (bicyclic) bond motifs is 2. The highest BCUT2D eigenvalue weighted by molar-refractivity contribution is 6.59. The molecule has 0 fully saturated rings. The molecule has 2 aliphatic heterocycles. The van der Waals surface area contributed by atoms with Crippen LogP contribution in [-0.4, -0.2) is 28.8 Å². The number of benzene rings is 7. The smallest absolute Gasteiger partial charge is 0.496 e. The second kappa shape index (κ2) is 14.8. The number of halogens is 2. The number of ether oxygens (including phenoxy) is 1. The molecular weight excluding hydrogens is 741 g/mol. The largest absolute Gasteiger partial charge is 0.737 e. The van der Waals surface area contributed by atoms with Crippen LogP contribution in [0.1, 0.15) is 33.5 Å². The number of methoxy groups -OCH3 is 1. The summed E-state index contributed by atoms with van der Waals surface area (Å²) in [6.07, 6.45) is 1.95. The van der Waals surface area contributed by atoms with E-state index in [9.17, 15) is 0 Å². The molecule has 60 heavy (non-hydrogen) atoms. The van der Waals surface area contributed by atoms with Gasteiger partial charge in [0.05, 0.1) is 18.3 Å². The van der Waals surface area contributed by atoms with E-state index in [4.69, 9.17) is 4.74 Å². The molecule has 6 heteroatoms. The van der Waals surface area contributed by atoms with Crippen LogP contribution < -0.4 is 4.74 Å². The van der Waals surface area contributed by atoms with E-state index in [1.807, 2.05) is 135 Å². The van der Waals surface area contributed by atoms with Gasteiger partial charge in [0.2, 0.25) is 0 Å². The SMILES string of the molecule is COc1ccccc1C1=C2C(c3ccc(-c4ccccc4)cc3)=CC(c3ccc(C)cc3)=[N+]2[B-](F)(F)n2c(-c3ccc(C)cc3)cc(-c3ccc(-c4ccccc4)cc3)c21. The summed E-state index contributed by atoms with van der Waals surface area (Å²) < 4.78 is 46.1. The Morgan fingerprint density at radius 2 is 0.950 bits per heavy atom. The molecule has 3 nitrogen and oxygen atoms in total. The molecule has 2 aliphatic rings. The fraction of sp³-hybridized carbons (Fsp3) is 0.0556. The first kappa shape index (κ1) is 37.0. The molecule has 0 unspecified atom stereocenters. The van der Waals surface area contributed by atoms with Crippen LogP contribution in [0.15, 0.2) is 200 Å². The van der Waals surface area contributed by atoms with Gasteiger partial charge in [-0.15, -0.1) is 0 Å². The van der Waals surface area contributed by atoms with Crippen LogP contribution in [0.2, 0.25) is 0 Å². The van der Waals surface area contributed by atoms with Gasteiger partial charge < -0.3 is 22.3 Å². The normalized spacial score (nSPS) is 14.2. The molecule has 8 aromatic rings. The first-order valence-corrected chi connectivity index (χ1v) is 20.3. The minimum atomic E-state index is -4.53. The third kappa shape index (κ3) is 6.24. The van der Waals surface area contributed by atoms with Gasteiger partial charge in [-0.25, -0.2) is 0 Å². The summed E-state index contributed by atoms with van der Waals surface area (Å²) in [5.74, 6) is 0.593. The Kier molecular flexibility index (Phi) is 9.14. The molecule has 0 spiro atoms. The number of hydrogen-bond donors (Lipinski definition) is 0. The number of rotatable bonds is 8. The summed E-state index contributed by atoms with van der Waals surface area (Å²) in [6, 6.07) is 62.4. The molecule has 0 atom stereocenters. The summed E-state index contributed by atoms with van der Waals surface area (Å²) in [7, 11) is 1.64. The molecule has 0 saturated heterocycles. The van der Waals surface area contributed by atoms with Crippen LogP contribution in [0.4, 0.5) is 8.63 Å². The van der Waals surface area contributed by atoms with Crippen LogP contribution in [0.3, 0.4) is 0 Å². The topological polar surface area (TPSA) is 17.2 Å². The Morgan fingerprint density at radius 3 is 1.52 bits per heavy atom. The number of aromatic nitrogens is 1. The summed E-state index contributed by atoms with van der Waals surface area (Å²) in [5.41, 5.74) is 14.0. The fourth-order valence-electron chi connectivity index (χ4n) is 8.82. The fourth-order valence-corrected chi connectivity index (χ4v) is 8.82. The molecule has 0 N–H and O–H groups in total. The highest BCUT2D eigenvalue weighted by Crippen LogP contribution is 2.52. The van der Waals surface area contributed by atoms with Crippen molar-refractivity contribution in [1.29, 1.82) is 0 Å². The maximum atomic E-state index is 18.7. The predicted molar refractivity (Wildman–Crippen MR) is 243 cm³/mol. The molecule has 7 aromatic carbocycles. The lowest BCUT2D eigenvalue weighted by Gasteiger charge is -2.35. The van der Waals surface area contributed by atoms with Gasteiger partial charge in [-0.3, -0.25) is 0 Å². The minimum Gasteiger partial charge on any atom is -0.496 e.